The first kappa shape index (κ1) is 21.8. The number of hydrogen-bond donors (Lipinski definition) is 1. The fourth-order valence-electron chi connectivity index (χ4n) is 2.96. The molecule has 1 aliphatic heterocycles. The zero-order valence-electron chi connectivity index (χ0n) is 15.4. The Bertz CT molecular complexity index is 966. The van der Waals surface area contributed by atoms with Gasteiger partial charge in [0.05, 0.1) is 10.9 Å². The molecule has 1 fully saturated rings. The third kappa shape index (κ3) is 5.18. The van der Waals surface area contributed by atoms with Crippen LogP contribution in [-0.2, 0) is 19.1 Å². The highest BCUT2D eigenvalue weighted by atomic mass is 79.9. The van der Waals surface area contributed by atoms with Crippen LogP contribution in [0.15, 0.2) is 45.3 Å². The summed E-state index contributed by atoms with van der Waals surface area (Å²) >= 11 is 12.8. The van der Waals surface area contributed by atoms with Crippen molar-refractivity contribution in [3.05, 3.63) is 55.9 Å². The zero-order chi connectivity index (χ0) is 21.1. The van der Waals surface area contributed by atoms with Gasteiger partial charge in [0.15, 0.2) is 6.61 Å². The molecule has 9 heteroatoms. The van der Waals surface area contributed by atoms with Crippen LogP contribution in [0.3, 0.4) is 0 Å². The second kappa shape index (κ2) is 9.28. The van der Waals surface area contributed by atoms with Gasteiger partial charge < -0.3 is 15.0 Å². The zero-order valence-corrected chi connectivity index (χ0v) is 19.3. The molecule has 0 saturated carbocycles. The van der Waals surface area contributed by atoms with Crippen molar-refractivity contribution >= 4 is 72.6 Å². The summed E-state index contributed by atoms with van der Waals surface area (Å²) in [6.07, 6.45) is 0.0535. The molecule has 1 atom stereocenters. The lowest BCUT2D eigenvalue weighted by molar-refractivity contribution is -0.151. The van der Waals surface area contributed by atoms with E-state index in [1.54, 1.807) is 36.1 Å². The van der Waals surface area contributed by atoms with Gasteiger partial charge in [0, 0.05) is 33.3 Å². The molecule has 2 amide bonds. The van der Waals surface area contributed by atoms with Gasteiger partial charge in [0.25, 0.3) is 5.91 Å². The maximum Gasteiger partial charge on any atom is 0.311 e. The molecule has 1 N–H and O–H groups in total. The number of ether oxygens (including phenoxy) is 1. The molecule has 29 heavy (non-hydrogen) atoms. The second-order valence-electron chi connectivity index (χ2n) is 6.57. The molecule has 1 aliphatic rings. The van der Waals surface area contributed by atoms with E-state index in [4.69, 9.17) is 16.3 Å². The Morgan fingerprint density at radius 3 is 2.59 bits per heavy atom. The van der Waals surface area contributed by atoms with E-state index in [1.165, 1.54) is 0 Å². The summed E-state index contributed by atoms with van der Waals surface area (Å²) in [4.78, 5) is 38.3. The van der Waals surface area contributed by atoms with Gasteiger partial charge in [0.1, 0.15) is 0 Å². The van der Waals surface area contributed by atoms with Gasteiger partial charge >= 0.3 is 5.97 Å². The van der Waals surface area contributed by atoms with Crippen LogP contribution >= 0.6 is 43.5 Å². The highest BCUT2D eigenvalue weighted by molar-refractivity contribution is 9.10. The van der Waals surface area contributed by atoms with E-state index >= 15 is 0 Å². The molecular formula is C20H17Br2ClN2O4. The van der Waals surface area contributed by atoms with E-state index < -0.39 is 24.4 Å². The van der Waals surface area contributed by atoms with E-state index in [0.717, 1.165) is 8.95 Å². The minimum Gasteiger partial charge on any atom is -0.455 e. The first-order chi connectivity index (χ1) is 13.8. The number of esters is 1. The van der Waals surface area contributed by atoms with E-state index in [0.29, 0.717) is 22.0 Å². The molecule has 0 aromatic heterocycles. The number of rotatable bonds is 5. The minimum absolute atomic E-state index is 0.0535. The van der Waals surface area contributed by atoms with Crippen molar-refractivity contribution in [2.75, 3.05) is 23.4 Å². The lowest BCUT2D eigenvalue weighted by Crippen LogP contribution is -2.28. The van der Waals surface area contributed by atoms with Gasteiger partial charge in [-0.05, 0) is 64.8 Å². The second-order valence-corrected chi connectivity index (χ2v) is 8.72. The summed E-state index contributed by atoms with van der Waals surface area (Å²) in [5, 5.41) is 3.17. The fraction of sp³-hybridized carbons (Fsp3) is 0.250. The van der Waals surface area contributed by atoms with Crippen molar-refractivity contribution in [1.29, 1.82) is 0 Å². The van der Waals surface area contributed by atoms with Gasteiger partial charge in [-0.2, -0.15) is 0 Å². The SMILES string of the molecule is Cc1c(NC(=O)COC(=O)[C@H]2CC(=O)N(c3ccc(Br)cc3)C2)ccc(Br)c1Cl. The van der Waals surface area contributed by atoms with Crippen molar-refractivity contribution in [3.8, 4) is 0 Å². The molecule has 1 heterocycles. The van der Waals surface area contributed by atoms with Crippen molar-refractivity contribution in [1.82, 2.24) is 0 Å². The van der Waals surface area contributed by atoms with Crippen LogP contribution in [0, 0.1) is 12.8 Å². The maximum atomic E-state index is 12.3. The number of nitrogens with one attached hydrogen (secondary N) is 1. The standard InChI is InChI=1S/C20H17Br2ClN2O4/c1-11-16(7-6-15(22)19(11)23)24-17(26)10-29-20(28)12-8-18(27)25(9-12)14-4-2-13(21)3-5-14/h2-7,12H,8-10H2,1H3,(H,24,26)/t12-/m0/s1. The Hall–Kier alpha value is -1.90. The lowest BCUT2D eigenvalue weighted by atomic mass is 10.1. The minimum atomic E-state index is -0.609. The van der Waals surface area contributed by atoms with Crippen LogP contribution in [0.4, 0.5) is 11.4 Å². The highest BCUT2D eigenvalue weighted by Gasteiger charge is 2.36. The van der Waals surface area contributed by atoms with Crippen LogP contribution in [-0.4, -0.2) is 30.9 Å². The third-order valence-corrected chi connectivity index (χ3v) is 6.46. The van der Waals surface area contributed by atoms with Crippen LogP contribution < -0.4 is 10.2 Å². The molecule has 1 saturated heterocycles. The Morgan fingerprint density at radius 1 is 1.21 bits per heavy atom. The fourth-order valence-corrected chi connectivity index (χ4v) is 3.82. The predicted molar refractivity (Wildman–Crippen MR) is 118 cm³/mol. The summed E-state index contributed by atoms with van der Waals surface area (Å²) in [6, 6.07) is 10.7. The van der Waals surface area contributed by atoms with Gasteiger partial charge in [-0.15, -0.1) is 0 Å². The summed E-state index contributed by atoms with van der Waals surface area (Å²) in [5.74, 6) is -1.81. The van der Waals surface area contributed by atoms with E-state index in [-0.39, 0.29) is 18.9 Å². The van der Waals surface area contributed by atoms with Gasteiger partial charge in [0.2, 0.25) is 5.91 Å². The van der Waals surface area contributed by atoms with Crippen LogP contribution in [0.5, 0.6) is 0 Å². The number of halogens is 3. The summed E-state index contributed by atoms with van der Waals surface area (Å²) in [6.45, 7) is 1.56. The van der Waals surface area contributed by atoms with E-state index in [2.05, 4.69) is 37.2 Å². The number of nitrogens with zero attached hydrogens (tertiary/aromatic N) is 1. The predicted octanol–water partition coefficient (Wildman–Crippen LogP) is 4.71. The normalized spacial score (nSPS) is 16.1. The molecule has 0 radical (unpaired) electrons. The van der Waals surface area contributed by atoms with Gasteiger partial charge in [-0.1, -0.05) is 27.5 Å². The largest absolute Gasteiger partial charge is 0.455 e. The molecule has 0 spiro atoms. The Labute approximate surface area is 189 Å². The van der Waals surface area contributed by atoms with Crippen molar-refractivity contribution in [2.24, 2.45) is 5.92 Å². The summed E-state index contributed by atoms with van der Waals surface area (Å²) < 4.78 is 6.75. The molecule has 152 valence electrons. The van der Waals surface area contributed by atoms with Crippen molar-refractivity contribution < 1.29 is 19.1 Å². The number of anilines is 2. The van der Waals surface area contributed by atoms with Crippen LogP contribution in [0.2, 0.25) is 5.02 Å². The van der Waals surface area contributed by atoms with Gasteiger partial charge in [-0.3, -0.25) is 14.4 Å². The molecule has 0 unspecified atom stereocenters. The number of carbonyl (C=O) groups is 3. The molecule has 3 rings (SSSR count). The quantitative estimate of drug-likeness (QED) is 0.554. The number of carbonyl (C=O) groups excluding carboxylic acids is 3. The van der Waals surface area contributed by atoms with E-state index in [1.807, 2.05) is 12.1 Å². The molecule has 2 aromatic carbocycles. The third-order valence-electron chi connectivity index (χ3n) is 4.56. The summed E-state index contributed by atoms with van der Waals surface area (Å²) in [7, 11) is 0. The number of hydrogen-bond acceptors (Lipinski definition) is 4. The number of benzene rings is 2. The van der Waals surface area contributed by atoms with Crippen molar-refractivity contribution in [2.45, 2.75) is 13.3 Å². The smallest absolute Gasteiger partial charge is 0.311 e. The molecule has 0 bridgehead atoms. The highest BCUT2D eigenvalue weighted by Crippen LogP contribution is 2.31. The molecule has 0 aliphatic carbocycles. The maximum absolute atomic E-state index is 12.3. The molecule has 6 nitrogen and oxygen atoms in total. The first-order valence-electron chi connectivity index (χ1n) is 8.73. The average molecular weight is 545 g/mol. The van der Waals surface area contributed by atoms with E-state index in [9.17, 15) is 14.4 Å². The summed E-state index contributed by atoms with van der Waals surface area (Å²) in [5.41, 5.74) is 1.96. The Kier molecular flexibility index (Phi) is 6.97. The molecule has 2 aromatic rings. The van der Waals surface area contributed by atoms with Crippen molar-refractivity contribution in [3.63, 3.8) is 0 Å². The molecular weight excluding hydrogens is 527 g/mol. The van der Waals surface area contributed by atoms with Crippen LogP contribution in [0.25, 0.3) is 0 Å². The average Bonchev–Trinajstić information content (AvgIpc) is 3.09. The monoisotopic (exact) mass is 542 g/mol. The topological polar surface area (TPSA) is 75.7 Å². The Balaban J connectivity index is 1.54. The number of amides is 2. The first-order valence-corrected chi connectivity index (χ1v) is 10.7. The Morgan fingerprint density at radius 2 is 1.90 bits per heavy atom. The lowest BCUT2D eigenvalue weighted by Gasteiger charge is -2.16. The van der Waals surface area contributed by atoms with Crippen LogP contribution in [0.1, 0.15) is 12.0 Å². The van der Waals surface area contributed by atoms with Gasteiger partial charge in [-0.25, -0.2) is 0 Å².